The second-order valence-electron chi connectivity index (χ2n) is 3.96. The Bertz CT molecular complexity index is 707. The maximum absolute atomic E-state index is 11.9. The minimum absolute atomic E-state index is 0.169. The van der Waals surface area contributed by atoms with Crippen molar-refractivity contribution in [1.82, 2.24) is 5.32 Å². The van der Waals surface area contributed by atoms with Crippen molar-refractivity contribution in [2.75, 3.05) is 0 Å². The van der Waals surface area contributed by atoms with E-state index >= 15 is 0 Å². The summed E-state index contributed by atoms with van der Waals surface area (Å²) in [5.41, 5.74) is 0.803. The summed E-state index contributed by atoms with van der Waals surface area (Å²) in [6.45, 7) is 0. The third kappa shape index (κ3) is 3.02. The molecule has 1 amide bonds. The molecular weight excluding hydrogens is 340 g/mol. The van der Waals surface area contributed by atoms with Crippen molar-refractivity contribution in [2.45, 2.75) is 0 Å². The zero-order valence-corrected chi connectivity index (χ0v) is 12.6. The van der Waals surface area contributed by atoms with Gasteiger partial charge in [0.05, 0.1) is 10.6 Å². The molecular formula is C14H9BrN2O2S. The Morgan fingerprint density at radius 3 is 2.70 bits per heavy atom. The molecule has 20 heavy (non-hydrogen) atoms. The molecule has 1 aliphatic rings. The van der Waals surface area contributed by atoms with E-state index in [1.165, 1.54) is 11.8 Å². The molecule has 0 unspecified atom stereocenters. The molecule has 0 bridgehead atoms. The molecule has 1 saturated heterocycles. The number of amidine groups is 1. The molecule has 2 heterocycles. The first-order valence-corrected chi connectivity index (χ1v) is 7.42. The number of benzene rings is 1. The van der Waals surface area contributed by atoms with E-state index in [1.54, 1.807) is 18.2 Å². The Kier molecular flexibility index (Phi) is 3.75. The van der Waals surface area contributed by atoms with E-state index in [0.717, 1.165) is 5.69 Å². The quantitative estimate of drug-likeness (QED) is 0.836. The summed E-state index contributed by atoms with van der Waals surface area (Å²) in [5.74, 6) is 0.452. The van der Waals surface area contributed by atoms with Crippen molar-refractivity contribution < 1.29 is 9.21 Å². The maximum atomic E-state index is 11.9. The van der Waals surface area contributed by atoms with Crippen LogP contribution in [0.1, 0.15) is 5.76 Å². The van der Waals surface area contributed by atoms with Crippen molar-refractivity contribution in [2.24, 2.45) is 4.99 Å². The van der Waals surface area contributed by atoms with Crippen LogP contribution in [0.2, 0.25) is 0 Å². The van der Waals surface area contributed by atoms with Gasteiger partial charge in [-0.05, 0) is 52.0 Å². The highest BCUT2D eigenvalue weighted by molar-refractivity contribution is 9.10. The lowest BCUT2D eigenvalue weighted by molar-refractivity contribution is -0.115. The van der Waals surface area contributed by atoms with Gasteiger partial charge in [-0.15, -0.1) is 0 Å². The molecule has 1 fully saturated rings. The van der Waals surface area contributed by atoms with Gasteiger partial charge in [0.25, 0.3) is 5.91 Å². The SMILES string of the molecule is O=C1NC(=Nc2ccccc2)SC1=Cc1ccc(Br)o1. The summed E-state index contributed by atoms with van der Waals surface area (Å²) in [6, 6.07) is 13.1. The summed E-state index contributed by atoms with van der Waals surface area (Å²) in [5, 5.41) is 3.30. The molecule has 0 aliphatic carbocycles. The van der Waals surface area contributed by atoms with E-state index in [4.69, 9.17) is 4.42 Å². The van der Waals surface area contributed by atoms with Crippen LogP contribution in [-0.2, 0) is 4.79 Å². The highest BCUT2D eigenvalue weighted by atomic mass is 79.9. The van der Waals surface area contributed by atoms with Crippen LogP contribution >= 0.6 is 27.7 Å². The number of carbonyl (C=O) groups excluding carboxylic acids is 1. The molecule has 0 spiro atoms. The number of carbonyl (C=O) groups is 1. The van der Waals surface area contributed by atoms with Gasteiger partial charge in [0.15, 0.2) is 9.84 Å². The van der Waals surface area contributed by atoms with Crippen molar-refractivity contribution in [3.63, 3.8) is 0 Å². The maximum Gasteiger partial charge on any atom is 0.264 e. The smallest absolute Gasteiger partial charge is 0.264 e. The molecule has 2 aromatic rings. The van der Waals surface area contributed by atoms with E-state index < -0.39 is 0 Å². The standard InChI is InChI=1S/C14H9BrN2O2S/c15-12-7-6-10(19-12)8-11-13(18)17-14(20-11)16-9-4-2-1-3-5-9/h1-8H,(H,16,17,18). The molecule has 0 radical (unpaired) electrons. The first kappa shape index (κ1) is 13.2. The number of rotatable bonds is 2. The Hall–Kier alpha value is -1.79. The molecule has 1 aromatic carbocycles. The van der Waals surface area contributed by atoms with Crippen molar-refractivity contribution in [3.05, 3.63) is 57.8 Å². The fourth-order valence-electron chi connectivity index (χ4n) is 1.64. The summed E-state index contributed by atoms with van der Waals surface area (Å²) in [6.07, 6.45) is 1.69. The van der Waals surface area contributed by atoms with E-state index in [2.05, 4.69) is 26.2 Å². The fourth-order valence-corrected chi connectivity index (χ4v) is 2.78. The third-order valence-corrected chi connectivity index (χ3v) is 3.84. The topological polar surface area (TPSA) is 54.6 Å². The number of hydrogen-bond donors (Lipinski definition) is 1. The van der Waals surface area contributed by atoms with Crippen LogP contribution in [0.3, 0.4) is 0 Å². The molecule has 3 rings (SSSR count). The third-order valence-electron chi connectivity index (χ3n) is 2.51. The number of para-hydroxylation sites is 1. The van der Waals surface area contributed by atoms with Crippen molar-refractivity contribution in [3.8, 4) is 0 Å². The second kappa shape index (κ2) is 5.68. The lowest BCUT2D eigenvalue weighted by Gasteiger charge is -1.94. The predicted octanol–water partition coefficient (Wildman–Crippen LogP) is 3.93. The summed E-state index contributed by atoms with van der Waals surface area (Å²) in [7, 11) is 0. The first-order valence-electron chi connectivity index (χ1n) is 5.81. The zero-order valence-electron chi connectivity index (χ0n) is 10.2. The van der Waals surface area contributed by atoms with Gasteiger partial charge in [-0.1, -0.05) is 18.2 Å². The largest absolute Gasteiger partial charge is 0.450 e. The van der Waals surface area contributed by atoms with Gasteiger partial charge in [0.1, 0.15) is 5.76 Å². The average Bonchev–Trinajstić information content (AvgIpc) is 2.98. The van der Waals surface area contributed by atoms with Gasteiger partial charge >= 0.3 is 0 Å². The summed E-state index contributed by atoms with van der Waals surface area (Å²) < 4.78 is 5.98. The lowest BCUT2D eigenvalue weighted by atomic mass is 10.3. The van der Waals surface area contributed by atoms with Crippen molar-refractivity contribution in [1.29, 1.82) is 0 Å². The van der Waals surface area contributed by atoms with E-state index in [-0.39, 0.29) is 5.91 Å². The summed E-state index contributed by atoms with van der Waals surface area (Å²) >= 11 is 4.52. The number of thioether (sulfide) groups is 1. The van der Waals surface area contributed by atoms with Gasteiger partial charge in [-0.2, -0.15) is 0 Å². The molecule has 1 N–H and O–H groups in total. The number of nitrogens with one attached hydrogen (secondary N) is 1. The van der Waals surface area contributed by atoms with Crippen LogP contribution < -0.4 is 5.32 Å². The van der Waals surface area contributed by atoms with Crippen LogP contribution in [0.5, 0.6) is 0 Å². The average molecular weight is 349 g/mol. The van der Waals surface area contributed by atoms with Gasteiger partial charge in [0, 0.05) is 6.08 Å². The number of furan rings is 1. The lowest BCUT2D eigenvalue weighted by Crippen LogP contribution is -2.19. The number of hydrogen-bond acceptors (Lipinski definition) is 4. The Labute approximate surface area is 128 Å². The Balaban J connectivity index is 1.82. The number of amides is 1. The predicted molar refractivity (Wildman–Crippen MR) is 83.7 cm³/mol. The van der Waals surface area contributed by atoms with E-state index in [9.17, 15) is 4.79 Å². The van der Waals surface area contributed by atoms with Crippen LogP contribution in [0.15, 0.2) is 61.4 Å². The van der Waals surface area contributed by atoms with Crippen LogP contribution in [0.4, 0.5) is 5.69 Å². The molecule has 0 saturated carbocycles. The minimum Gasteiger partial charge on any atom is -0.450 e. The summed E-state index contributed by atoms with van der Waals surface area (Å²) in [4.78, 5) is 16.8. The van der Waals surface area contributed by atoms with Crippen molar-refractivity contribution >= 4 is 50.5 Å². The molecule has 100 valence electrons. The number of aliphatic imine (C=N–C) groups is 1. The molecule has 6 heteroatoms. The minimum atomic E-state index is -0.169. The van der Waals surface area contributed by atoms with Crippen LogP contribution in [-0.4, -0.2) is 11.1 Å². The van der Waals surface area contributed by atoms with Crippen LogP contribution in [0.25, 0.3) is 6.08 Å². The second-order valence-corrected chi connectivity index (χ2v) is 5.77. The van der Waals surface area contributed by atoms with E-state index in [0.29, 0.717) is 20.5 Å². The number of halogens is 1. The molecule has 0 atom stereocenters. The normalized spacial score (nSPS) is 18.8. The van der Waals surface area contributed by atoms with Gasteiger partial charge in [-0.25, -0.2) is 4.99 Å². The van der Waals surface area contributed by atoms with E-state index in [1.807, 2.05) is 30.3 Å². The fraction of sp³-hybridized carbons (Fsp3) is 0. The Morgan fingerprint density at radius 1 is 1.20 bits per heavy atom. The Morgan fingerprint density at radius 2 is 2.00 bits per heavy atom. The van der Waals surface area contributed by atoms with Crippen LogP contribution in [0, 0.1) is 0 Å². The highest BCUT2D eigenvalue weighted by Gasteiger charge is 2.24. The van der Waals surface area contributed by atoms with Gasteiger partial charge in [0.2, 0.25) is 0 Å². The first-order chi connectivity index (χ1) is 9.70. The molecule has 4 nitrogen and oxygen atoms in total. The van der Waals surface area contributed by atoms with Gasteiger partial charge < -0.3 is 9.73 Å². The zero-order chi connectivity index (χ0) is 13.9. The molecule has 1 aliphatic heterocycles. The molecule has 1 aromatic heterocycles. The van der Waals surface area contributed by atoms with Gasteiger partial charge in [-0.3, -0.25) is 4.79 Å². The highest BCUT2D eigenvalue weighted by Crippen LogP contribution is 2.28. The monoisotopic (exact) mass is 348 g/mol. The number of nitrogens with zero attached hydrogens (tertiary/aromatic N) is 1.